The maximum Gasteiger partial charge on any atom is 0.309 e. The first kappa shape index (κ1) is 20.8. The summed E-state index contributed by atoms with van der Waals surface area (Å²) in [4.78, 5) is 28.5. The minimum absolute atomic E-state index is 0.0416. The van der Waals surface area contributed by atoms with E-state index >= 15 is 0 Å². The van der Waals surface area contributed by atoms with Crippen molar-refractivity contribution in [3.05, 3.63) is 65.0 Å². The van der Waals surface area contributed by atoms with Gasteiger partial charge in [-0.05, 0) is 55.4 Å². The van der Waals surface area contributed by atoms with Crippen LogP contribution < -0.4 is 15.5 Å². The molecule has 1 aliphatic heterocycles. The van der Waals surface area contributed by atoms with Crippen LogP contribution in [0.5, 0.6) is 0 Å². The number of fused-ring (bicyclic) bond motifs is 1. The van der Waals surface area contributed by atoms with Crippen LogP contribution in [0.4, 0.5) is 10.1 Å². The fraction of sp³-hybridized carbons (Fsp3) is 0.364. The van der Waals surface area contributed by atoms with Crippen molar-refractivity contribution in [2.75, 3.05) is 39.1 Å². The summed E-state index contributed by atoms with van der Waals surface area (Å²) in [7, 11) is 5.98. The van der Waals surface area contributed by atoms with Gasteiger partial charge < -0.3 is 20.4 Å². The average molecular weight is 398 g/mol. The lowest BCUT2D eigenvalue weighted by atomic mass is 10.0. The number of anilines is 1. The first-order valence-corrected chi connectivity index (χ1v) is 9.66. The number of benzene rings is 2. The molecular weight excluding hydrogens is 371 g/mol. The Morgan fingerprint density at radius 2 is 1.79 bits per heavy atom. The van der Waals surface area contributed by atoms with Crippen LogP contribution in [-0.4, -0.2) is 50.9 Å². The summed E-state index contributed by atoms with van der Waals surface area (Å²) < 4.78 is 12.9. The molecule has 7 heteroatoms. The van der Waals surface area contributed by atoms with E-state index in [1.54, 1.807) is 12.1 Å². The largest absolute Gasteiger partial charge is 0.374 e. The monoisotopic (exact) mass is 398 g/mol. The fourth-order valence-corrected chi connectivity index (χ4v) is 3.53. The Balaban J connectivity index is 1.56. The zero-order chi connectivity index (χ0) is 21.0. The van der Waals surface area contributed by atoms with Gasteiger partial charge in [0, 0.05) is 32.4 Å². The zero-order valence-electron chi connectivity index (χ0n) is 17.0. The van der Waals surface area contributed by atoms with E-state index in [4.69, 9.17) is 0 Å². The van der Waals surface area contributed by atoms with E-state index in [9.17, 15) is 14.0 Å². The van der Waals surface area contributed by atoms with Crippen LogP contribution in [0.3, 0.4) is 0 Å². The molecule has 0 unspecified atom stereocenters. The van der Waals surface area contributed by atoms with Crippen molar-refractivity contribution in [3.63, 3.8) is 0 Å². The Hall–Kier alpha value is -2.93. The Labute approximate surface area is 170 Å². The molecule has 0 bridgehead atoms. The predicted molar refractivity (Wildman–Crippen MR) is 111 cm³/mol. The summed E-state index contributed by atoms with van der Waals surface area (Å²) in [6, 6.07) is 12.1. The Morgan fingerprint density at radius 3 is 2.48 bits per heavy atom. The second-order valence-corrected chi connectivity index (χ2v) is 7.56. The zero-order valence-corrected chi connectivity index (χ0v) is 17.0. The highest BCUT2D eigenvalue weighted by molar-refractivity contribution is 6.35. The number of hydrogen-bond donors (Lipinski definition) is 2. The fourth-order valence-electron chi connectivity index (χ4n) is 3.53. The smallest absolute Gasteiger partial charge is 0.309 e. The third kappa shape index (κ3) is 5.12. The molecule has 0 aromatic heterocycles. The highest BCUT2D eigenvalue weighted by Gasteiger charge is 2.22. The van der Waals surface area contributed by atoms with Crippen molar-refractivity contribution in [2.45, 2.75) is 19.0 Å². The molecule has 1 aliphatic rings. The number of nitrogens with zero attached hydrogens (tertiary/aromatic N) is 2. The molecule has 0 radical (unpaired) electrons. The lowest BCUT2D eigenvalue weighted by molar-refractivity contribution is -0.139. The molecule has 0 saturated heterocycles. The number of hydrogen-bond acceptors (Lipinski definition) is 4. The molecule has 1 atom stereocenters. The molecule has 0 aliphatic carbocycles. The van der Waals surface area contributed by atoms with Gasteiger partial charge in [-0.3, -0.25) is 9.59 Å². The Morgan fingerprint density at radius 1 is 1.10 bits per heavy atom. The number of carbonyl (C=O) groups is 2. The number of amides is 2. The van der Waals surface area contributed by atoms with E-state index in [0.29, 0.717) is 6.54 Å². The summed E-state index contributed by atoms with van der Waals surface area (Å²) in [5.74, 6) is -1.73. The standard InChI is InChI=1S/C22H27FN4O2/c1-26(2)20(16-6-9-19-17(12-16)10-11-27(19)3)14-25-22(29)21(28)24-13-15-4-7-18(23)8-5-15/h4-9,12,20H,10-11,13-14H2,1-3H3,(H,24,28)(H,25,29)/t20-/m0/s1. The first-order chi connectivity index (χ1) is 13.8. The molecule has 154 valence electrons. The molecule has 0 saturated carbocycles. The summed E-state index contributed by atoms with van der Waals surface area (Å²) in [6.45, 7) is 1.50. The van der Waals surface area contributed by atoms with Crippen LogP contribution in [0.1, 0.15) is 22.7 Å². The maximum absolute atomic E-state index is 12.9. The number of halogens is 1. The van der Waals surface area contributed by atoms with Gasteiger partial charge in [0.25, 0.3) is 0 Å². The van der Waals surface area contributed by atoms with Crippen molar-refractivity contribution < 1.29 is 14.0 Å². The lowest BCUT2D eigenvalue weighted by Crippen LogP contribution is -2.42. The van der Waals surface area contributed by atoms with Gasteiger partial charge in [-0.1, -0.05) is 24.3 Å². The van der Waals surface area contributed by atoms with Gasteiger partial charge in [-0.15, -0.1) is 0 Å². The second kappa shape index (κ2) is 9.05. The van der Waals surface area contributed by atoms with Crippen LogP contribution >= 0.6 is 0 Å². The van der Waals surface area contributed by atoms with Gasteiger partial charge in [0.05, 0.1) is 6.04 Å². The van der Waals surface area contributed by atoms with Crippen LogP contribution in [-0.2, 0) is 22.6 Å². The minimum Gasteiger partial charge on any atom is -0.374 e. The van der Waals surface area contributed by atoms with Crippen LogP contribution in [0.25, 0.3) is 0 Å². The first-order valence-electron chi connectivity index (χ1n) is 9.66. The highest BCUT2D eigenvalue weighted by atomic mass is 19.1. The van der Waals surface area contributed by atoms with Crippen LogP contribution in [0.15, 0.2) is 42.5 Å². The summed E-state index contributed by atoms with van der Waals surface area (Å²) in [5, 5.41) is 5.28. The average Bonchev–Trinajstić information content (AvgIpc) is 3.07. The van der Waals surface area contributed by atoms with E-state index in [1.807, 2.05) is 19.0 Å². The Kier molecular flexibility index (Phi) is 6.49. The molecular formula is C22H27FN4O2. The summed E-state index contributed by atoms with van der Waals surface area (Å²) in [6.07, 6.45) is 1.01. The Bertz CT molecular complexity index is 883. The second-order valence-electron chi connectivity index (χ2n) is 7.56. The number of likely N-dealkylation sites (N-methyl/N-ethyl adjacent to an activating group) is 2. The highest BCUT2D eigenvalue weighted by Crippen LogP contribution is 2.30. The van der Waals surface area contributed by atoms with Crippen LogP contribution in [0, 0.1) is 5.82 Å². The molecule has 2 aromatic carbocycles. The maximum atomic E-state index is 12.9. The van der Waals surface area contributed by atoms with Crippen LogP contribution in [0.2, 0.25) is 0 Å². The van der Waals surface area contributed by atoms with Gasteiger partial charge in [0.15, 0.2) is 0 Å². The molecule has 2 aromatic rings. The minimum atomic E-state index is -0.706. The molecule has 0 spiro atoms. The van der Waals surface area contributed by atoms with E-state index in [1.165, 1.54) is 23.4 Å². The van der Waals surface area contributed by atoms with E-state index in [2.05, 4.69) is 40.8 Å². The third-order valence-corrected chi connectivity index (χ3v) is 5.27. The molecule has 2 N–H and O–H groups in total. The van der Waals surface area contributed by atoms with Gasteiger partial charge in [-0.2, -0.15) is 0 Å². The third-order valence-electron chi connectivity index (χ3n) is 5.27. The number of carbonyl (C=O) groups excluding carboxylic acids is 2. The summed E-state index contributed by atoms with van der Waals surface area (Å²) in [5.41, 5.74) is 4.38. The van der Waals surface area contributed by atoms with Crippen molar-refractivity contribution in [3.8, 4) is 0 Å². The molecule has 29 heavy (non-hydrogen) atoms. The van der Waals surface area contributed by atoms with Crippen molar-refractivity contribution in [2.24, 2.45) is 0 Å². The van der Waals surface area contributed by atoms with Gasteiger partial charge in [0.1, 0.15) is 5.82 Å². The summed E-state index contributed by atoms with van der Waals surface area (Å²) >= 11 is 0. The van der Waals surface area contributed by atoms with E-state index in [-0.39, 0.29) is 18.4 Å². The molecule has 2 amide bonds. The normalized spacial score (nSPS) is 13.9. The molecule has 0 fully saturated rings. The number of rotatable bonds is 6. The van der Waals surface area contributed by atoms with Gasteiger partial charge in [-0.25, -0.2) is 4.39 Å². The lowest BCUT2D eigenvalue weighted by Gasteiger charge is -2.26. The molecule has 6 nitrogen and oxygen atoms in total. The van der Waals surface area contributed by atoms with Gasteiger partial charge in [0.2, 0.25) is 0 Å². The van der Waals surface area contributed by atoms with Crippen molar-refractivity contribution >= 4 is 17.5 Å². The number of nitrogens with one attached hydrogen (secondary N) is 2. The predicted octanol–water partition coefficient (Wildman–Crippen LogP) is 1.85. The van der Waals surface area contributed by atoms with Crippen molar-refractivity contribution in [1.82, 2.24) is 15.5 Å². The molecule has 3 rings (SSSR count). The molecule has 1 heterocycles. The van der Waals surface area contributed by atoms with E-state index in [0.717, 1.165) is 24.1 Å². The quantitative estimate of drug-likeness (QED) is 0.729. The van der Waals surface area contributed by atoms with E-state index < -0.39 is 11.8 Å². The SMILES string of the molecule is CN1CCc2cc([C@H](CNC(=O)C(=O)NCc3ccc(F)cc3)N(C)C)ccc21. The topological polar surface area (TPSA) is 64.7 Å². The van der Waals surface area contributed by atoms with Gasteiger partial charge >= 0.3 is 11.8 Å². The van der Waals surface area contributed by atoms with Crippen molar-refractivity contribution in [1.29, 1.82) is 0 Å².